The number of carbonyl (C=O) groups is 2. The number of methoxy groups -OCH3 is 1. The van der Waals surface area contributed by atoms with Crippen LogP contribution in [-0.4, -0.2) is 54.4 Å². The summed E-state index contributed by atoms with van der Waals surface area (Å²) in [7, 11) is 3.31. The molecule has 1 aliphatic heterocycles. The molecule has 0 bridgehead atoms. The van der Waals surface area contributed by atoms with E-state index in [4.69, 9.17) is 4.74 Å². The van der Waals surface area contributed by atoms with Gasteiger partial charge in [0.1, 0.15) is 11.3 Å². The van der Waals surface area contributed by atoms with Crippen molar-refractivity contribution in [1.29, 1.82) is 0 Å². The lowest BCUT2D eigenvalue weighted by Crippen LogP contribution is -2.63. The van der Waals surface area contributed by atoms with E-state index >= 15 is 0 Å². The molecule has 2 amide bonds. The van der Waals surface area contributed by atoms with Crippen molar-refractivity contribution >= 4 is 27.7 Å². The molecule has 1 aliphatic rings. The number of piperazine rings is 1. The molecule has 0 N–H and O–H groups in total. The molecule has 5 nitrogen and oxygen atoms in total. The van der Waals surface area contributed by atoms with Crippen LogP contribution in [0.15, 0.2) is 22.7 Å². The van der Waals surface area contributed by atoms with E-state index in [1.165, 1.54) is 0 Å². The molecule has 21 heavy (non-hydrogen) atoms. The second-order valence-electron chi connectivity index (χ2n) is 5.59. The minimum Gasteiger partial charge on any atom is -0.497 e. The van der Waals surface area contributed by atoms with E-state index in [1.807, 2.05) is 0 Å². The maximum atomic E-state index is 12.8. The normalized spacial score (nSPS) is 17.9. The first-order valence-electron chi connectivity index (χ1n) is 6.70. The summed E-state index contributed by atoms with van der Waals surface area (Å²) in [5.41, 5.74) is -0.355. The molecule has 1 fully saturated rings. The molecule has 2 rings (SSSR count). The van der Waals surface area contributed by atoms with Crippen LogP contribution in [-0.2, 0) is 4.79 Å². The van der Waals surface area contributed by atoms with Crippen molar-refractivity contribution in [3.05, 3.63) is 28.2 Å². The third-order valence-electron chi connectivity index (χ3n) is 3.85. The van der Waals surface area contributed by atoms with E-state index < -0.39 is 5.54 Å². The zero-order chi connectivity index (χ0) is 15.8. The SMILES string of the molecule is COc1ccc(Br)c(C(=O)N2CCN(C)C(=O)C2(C)C)c1. The van der Waals surface area contributed by atoms with Crippen molar-refractivity contribution in [3.63, 3.8) is 0 Å². The van der Waals surface area contributed by atoms with Gasteiger partial charge in [0.15, 0.2) is 0 Å². The smallest absolute Gasteiger partial charge is 0.256 e. The van der Waals surface area contributed by atoms with Crippen LogP contribution < -0.4 is 4.74 Å². The summed E-state index contributed by atoms with van der Waals surface area (Å²) in [5.74, 6) is 0.383. The second-order valence-corrected chi connectivity index (χ2v) is 6.44. The molecule has 0 saturated carbocycles. The molecule has 114 valence electrons. The van der Waals surface area contributed by atoms with E-state index in [1.54, 1.807) is 56.0 Å². The van der Waals surface area contributed by atoms with Gasteiger partial charge in [-0.15, -0.1) is 0 Å². The fraction of sp³-hybridized carbons (Fsp3) is 0.467. The predicted molar refractivity (Wildman–Crippen MR) is 83.4 cm³/mol. The van der Waals surface area contributed by atoms with E-state index in [2.05, 4.69) is 15.9 Å². The molecule has 1 heterocycles. The number of halogens is 1. The van der Waals surface area contributed by atoms with Gasteiger partial charge >= 0.3 is 0 Å². The van der Waals surface area contributed by atoms with Gasteiger partial charge in [-0.25, -0.2) is 0 Å². The van der Waals surface area contributed by atoms with Crippen LogP contribution in [0.25, 0.3) is 0 Å². The van der Waals surface area contributed by atoms with Crippen LogP contribution in [0.3, 0.4) is 0 Å². The fourth-order valence-corrected chi connectivity index (χ4v) is 2.93. The Morgan fingerprint density at radius 3 is 2.62 bits per heavy atom. The monoisotopic (exact) mass is 354 g/mol. The molecule has 0 atom stereocenters. The largest absolute Gasteiger partial charge is 0.497 e. The number of carbonyl (C=O) groups excluding carboxylic acids is 2. The van der Waals surface area contributed by atoms with Crippen molar-refractivity contribution in [2.45, 2.75) is 19.4 Å². The fourth-order valence-electron chi connectivity index (χ4n) is 2.51. The minimum atomic E-state index is -0.855. The van der Waals surface area contributed by atoms with Crippen molar-refractivity contribution < 1.29 is 14.3 Å². The van der Waals surface area contributed by atoms with Crippen molar-refractivity contribution in [1.82, 2.24) is 9.80 Å². The number of ether oxygens (including phenoxy) is 1. The zero-order valence-electron chi connectivity index (χ0n) is 12.6. The Balaban J connectivity index is 2.38. The van der Waals surface area contributed by atoms with Gasteiger partial charge in [0, 0.05) is 24.6 Å². The summed E-state index contributed by atoms with van der Waals surface area (Å²) in [6, 6.07) is 5.24. The van der Waals surface area contributed by atoms with E-state index in [-0.39, 0.29) is 11.8 Å². The first-order chi connectivity index (χ1) is 9.78. The lowest BCUT2D eigenvalue weighted by atomic mass is 9.96. The number of amides is 2. The summed E-state index contributed by atoms with van der Waals surface area (Å²) in [6.07, 6.45) is 0. The van der Waals surface area contributed by atoms with E-state index in [0.29, 0.717) is 28.9 Å². The molecule has 6 heteroatoms. The molecule has 0 aromatic heterocycles. The Bertz CT molecular complexity index is 586. The van der Waals surface area contributed by atoms with Gasteiger partial charge in [0.05, 0.1) is 12.7 Å². The minimum absolute atomic E-state index is 0.0545. The van der Waals surface area contributed by atoms with Crippen LogP contribution in [0.4, 0.5) is 0 Å². The number of rotatable bonds is 2. The van der Waals surface area contributed by atoms with E-state index in [9.17, 15) is 9.59 Å². The number of hydrogen-bond acceptors (Lipinski definition) is 3. The lowest BCUT2D eigenvalue weighted by molar-refractivity contribution is -0.144. The molecular formula is C15H19BrN2O3. The standard InChI is InChI=1S/C15H19BrN2O3/c1-15(2)14(20)17(3)7-8-18(15)13(19)11-9-10(21-4)5-6-12(11)16/h5-6,9H,7-8H2,1-4H3. The van der Waals surface area contributed by atoms with Gasteiger partial charge in [-0.2, -0.15) is 0 Å². The van der Waals surface area contributed by atoms with Crippen molar-refractivity contribution in [3.8, 4) is 5.75 Å². The molecule has 1 aromatic rings. The second kappa shape index (κ2) is 5.67. The van der Waals surface area contributed by atoms with Crippen LogP contribution in [0.5, 0.6) is 5.75 Å². The van der Waals surface area contributed by atoms with Gasteiger partial charge in [-0.3, -0.25) is 9.59 Å². The van der Waals surface area contributed by atoms with Crippen LogP contribution >= 0.6 is 15.9 Å². The maximum Gasteiger partial charge on any atom is 0.256 e. The summed E-state index contributed by atoms with van der Waals surface area (Å²) >= 11 is 3.39. The van der Waals surface area contributed by atoms with Gasteiger partial charge in [-0.1, -0.05) is 0 Å². The van der Waals surface area contributed by atoms with Crippen molar-refractivity contribution in [2.24, 2.45) is 0 Å². The summed E-state index contributed by atoms with van der Waals surface area (Å²) in [4.78, 5) is 28.4. The number of benzene rings is 1. The summed E-state index contributed by atoms with van der Waals surface area (Å²) in [6.45, 7) is 4.60. The van der Waals surface area contributed by atoms with Crippen LogP contribution in [0.2, 0.25) is 0 Å². The quantitative estimate of drug-likeness (QED) is 0.817. The lowest BCUT2D eigenvalue weighted by Gasteiger charge is -2.44. The highest BCUT2D eigenvalue weighted by atomic mass is 79.9. The Hall–Kier alpha value is -1.56. The highest BCUT2D eigenvalue weighted by Gasteiger charge is 2.43. The van der Waals surface area contributed by atoms with E-state index in [0.717, 1.165) is 0 Å². The Morgan fingerprint density at radius 2 is 2.00 bits per heavy atom. The van der Waals surface area contributed by atoms with Crippen molar-refractivity contribution in [2.75, 3.05) is 27.2 Å². The predicted octanol–water partition coefficient (Wildman–Crippen LogP) is 2.15. The maximum absolute atomic E-state index is 12.8. The molecule has 0 aliphatic carbocycles. The van der Waals surface area contributed by atoms with Gasteiger partial charge in [0.25, 0.3) is 5.91 Å². The summed E-state index contributed by atoms with van der Waals surface area (Å²) in [5, 5.41) is 0. The Kier molecular flexibility index (Phi) is 4.27. The topological polar surface area (TPSA) is 49.9 Å². The van der Waals surface area contributed by atoms with Crippen LogP contribution in [0.1, 0.15) is 24.2 Å². The zero-order valence-corrected chi connectivity index (χ0v) is 14.2. The average Bonchev–Trinajstić information content (AvgIpc) is 2.45. The Labute approximate surface area is 133 Å². The number of hydrogen-bond donors (Lipinski definition) is 0. The first kappa shape index (κ1) is 15.8. The first-order valence-corrected chi connectivity index (χ1v) is 7.49. The van der Waals surface area contributed by atoms with Gasteiger partial charge < -0.3 is 14.5 Å². The molecular weight excluding hydrogens is 336 g/mol. The molecule has 0 radical (unpaired) electrons. The van der Waals surface area contributed by atoms with Gasteiger partial charge in [-0.05, 0) is 48.0 Å². The third-order valence-corrected chi connectivity index (χ3v) is 4.54. The highest BCUT2D eigenvalue weighted by molar-refractivity contribution is 9.10. The van der Waals surface area contributed by atoms with Crippen LogP contribution in [0, 0.1) is 0 Å². The summed E-state index contributed by atoms with van der Waals surface area (Å²) < 4.78 is 5.86. The van der Waals surface area contributed by atoms with Gasteiger partial charge in [0.2, 0.25) is 5.91 Å². The number of likely N-dealkylation sites (N-methyl/N-ethyl adjacent to an activating group) is 1. The number of nitrogens with zero attached hydrogens (tertiary/aromatic N) is 2. The highest BCUT2D eigenvalue weighted by Crippen LogP contribution is 2.28. The molecule has 0 spiro atoms. The molecule has 1 aromatic carbocycles. The average molecular weight is 355 g/mol. The third kappa shape index (κ3) is 2.77. The Morgan fingerprint density at radius 1 is 1.33 bits per heavy atom. The molecule has 0 unspecified atom stereocenters. The molecule has 1 saturated heterocycles.